The molecule has 1 unspecified atom stereocenters. The van der Waals surface area contributed by atoms with Crippen molar-refractivity contribution in [2.45, 2.75) is 33.0 Å². The lowest BCUT2D eigenvalue weighted by molar-refractivity contribution is -0.139. The summed E-state index contributed by atoms with van der Waals surface area (Å²) in [7, 11) is 1.59. The monoisotopic (exact) mass is 374 g/mol. The fourth-order valence-corrected chi connectivity index (χ4v) is 2.75. The Morgan fingerprint density at radius 1 is 1.15 bits per heavy atom. The van der Waals surface area contributed by atoms with E-state index < -0.39 is 6.04 Å². The molecule has 0 aromatic heterocycles. The molecule has 2 rings (SSSR count). The molecule has 0 saturated carbocycles. The third-order valence-corrected chi connectivity index (χ3v) is 4.42. The number of amides is 2. The lowest BCUT2D eigenvalue weighted by Gasteiger charge is -2.27. The molecule has 0 spiro atoms. The highest BCUT2D eigenvalue weighted by atomic mass is 35.5. The van der Waals surface area contributed by atoms with Crippen molar-refractivity contribution in [2.24, 2.45) is 0 Å². The quantitative estimate of drug-likeness (QED) is 0.808. The number of hydrogen-bond donors (Lipinski definition) is 1. The highest BCUT2D eigenvalue weighted by molar-refractivity contribution is 6.30. The Hall–Kier alpha value is -2.53. The van der Waals surface area contributed by atoms with E-state index >= 15 is 0 Å². The van der Waals surface area contributed by atoms with Gasteiger partial charge in [0, 0.05) is 30.6 Å². The summed E-state index contributed by atoms with van der Waals surface area (Å²) in [5.41, 5.74) is 1.79. The van der Waals surface area contributed by atoms with Crippen LogP contribution in [-0.2, 0) is 22.7 Å². The van der Waals surface area contributed by atoms with E-state index in [9.17, 15) is 9.59 Å². The standard InChI is InChI=1S/C20H23ClN2O3/c1-14(20(25)22-12-17-6-4-5-7-19(17)26-3)23(15(2)24)13-16-8-10-18(21)11-9-16/h4-11,14H,12-13H2,1-3H3,(H,22,25). The summed E-state index contributed by atoms with van der Waals surface area (Å²) in [5.74, 6) is 0.324. The van der Waals surface area contributed by atoms with Gasteiger partial charge in [0.2, 0.25) is 11.8 Å². The predicted molar refractivity (Wildman–Crippen MR) is 102 cm³/mol. The fraction of sp³-hybridized carbons (Fsp3) is 0.300. The molecule has 1 N–H and O–H groups in total. The molecule has 0 radical (unpaired) electrons. The van der Waals surface area contributed by atoms with Gasteiger partial charge in [0.05, 0.1) is 7.11 Å². The van der Waals surface area contributed by atoms with E-state index in [2.05, 4.69) is 5.32 Å². The average molecular weight is 375 g/mol. The number of nitrogens with zero attached hydrogens (tertiary/aromatic N) is 1. The molecule has 0 aliphatic carbocycles. The lowest BCUT2D eigenvalue weighted by Crippen LogP contribution is -2.46. The van der Waals surface area contributed by atoms with Crippen LogP contribution in [0.25, 0.3) is 0 Å². The van der Waals surface area contributed by atoms with Gasteiger partial charge in [0.1, 0.15) is 11.8 Å². The minimum Gasteiger partial charge on any atom is -0.496 e. The summed E-state index contributed by atoms with van der Waals surface area (Å²) in [6, 6.07) is 14.1. The fourth-order valence-electron chi connectivity index (χ4n) is 2.63. The zero-order valence-corrected chi connectivity index (χ0v) is 15.9. The van der Waals surface area contributed by atoms with Gasteiger partial charge in [-0.05, 0) is 30.7 Å². The van der Waals surface area contributed by atoms with E-state index in [0.29, 0.717) is 23.9 Å². The van der Waals surface area contributed by atoms with Gasteiger partial charge in [-0.2, -0.15) is 0 Å². The van der Waals surface area contributed by atoms with Gasteiger partial charge in [-0.1, -0.05) is 41.9 Å². The van der Waals surface area contributed by atoms with E-state index in [1.807, 2.05) is 36.4 Å². The smallest absolute Gasteiger partial charge is 0.242 e. The van der Waals surface area contributed by atoms with Crippen molar-refractivity contribution in [1.29, 1.82) is 0 Å². The van der Waals surface area contributed by atoms with Crippen LogP contribution in [0.1, 0.15) is 25.0 Å². The van der Waals surface area contributed by atoms with Crippen molar-refractivity contribution in [3.63, 3.8) is 0 Å². The number of carbonyl (C=O) groups is 2. The lowest BCUT2D eigenvalue weighted by atomic mass is 10.1. The van der Waals surface area contributed by atoms with Gasteiger partial charge in [-0.3, -0.25) is 9.59 Å². The van der Waals surface area contributed by atoms with E-state index in [4.69, 9.17) is 16.3 Å². The number of nitrogens with one attached hydrogen (secondary N) is 1. The number of halogens is 1. The largest absolute Gasteiger partial charge is 0.496 e. The van der Waals surface area contributed by atoms with Crippen LogP contribution in [0.15, 0.2) is 48.5 Å². The number of para-hydroxylation sites is 1. The van der Waals surface area contributed by atoms with E-state index in [-0.39, 0.29) is 11.8 Å². The Bertz CT molecular complexity index is 762. The number of carbonyl (C=O) groups excluding carboxylic acids is 2. The van der Waals surface area contributed by atoms with Crippen LogP contribution in [0.3, 0.4) is 0 Å². The molecule has 26 heavy (non-hydrogen) atoms. The van der Waals surface area contributed by atoms with E-state index in [1.165, 1.54) is 11.8 Å². The van der Waals surface area contributed by atoms with Gasteiger partial charge < -0.3 is 15.0 Å². The summed E-state index contributed by atoms with van der Waals surface area (Å²) in [5, 5.41) is 3.50. The van der Waals surface area contributed by atoms with Crippen LogP contribution in [0.2, 0.25) is 5.02 Å². The van der Waals surface area contributed by atoms with Crippen molar-refractivity contribution in [3.8, 4) is 5.75 Å². The molecule has 0 bridgehead atoms. The molecule has 138 valence electrons. The third kappa shape index (κ3) is 5.23. The van der Waals surface area contributed by atoms with Crippen molar-refractivity contribution in [3.05, 3.63) is 64.7 Å². The van der Waals surface area contributed by atoms with E-state index in [0.717, 1.165) is 11.1 Å². The topological polar surface area (TPSA) is 58.6 Å². The van der Waals surface area contributed by atoms with E-state index in [1.54, 1.807) is 26.2 Å². The minimum absolute atomic E-state index is 0.167. The molecule has 0 saturated heterocycles. The van der Waals surface area contributed by atoms with Crippen LogP contribution in [0.4, 0.5) is 0 Å². The second-order valence-corrected chi connectivity index (χ2v) is 6.42. The molecule has 2 amide bonds. The third-order valence-electron chi connectivity index (χ3n) is 4.16. The molecule has 2 aromatic rings. The van der Waals surface area contributed by atoms with Gasteiger partial charge in [-0.25, -0.2) is 0 Å². The molecule has 2 aromatic carbocycles. The summed E-state index contributed by atoms with van der Waals surface area (Å²) in [6.07, 6.45) is 0. The zero-order chi connectivity index (χ0) is 19.1. The maximum absolute atomic E-state index is 12.5. The molecule has 5 nitrogen and oxygen atoms in total. The summed E-state index contributed by atoms with van der Waals surface area (Å²) < 4.78 is 5.29. The zero-order valence-electron chi connectivity index (χ0n) is 15.2. The second kappa shape index (κ2) is 9.25. The van der Waals surface area contributed by atoms with Crippen LogP contribution >= 0.6 is 11.6 Å². The van der Waals surface area contributed by atoms with Gasteiger partial charge in [0.15, 0.2) is 0 Å². The highest BCUT2D eigenvalue weighted by Crippen LogP contribution is 2.17. The minimum atomic E-state index is -0.599. The average Bonchev–Trinajstić information content (AvgIpc) is 2.65. The highest BCUT2D eigenvalue weighted by Gasteiger charge is 2.23. The Labute approximate surface area is 158 Å². The SMILES string of the molecule is COc1ccccc1CNC(=O)C(C)N(Cc1ccc(Cl)cc1)C(C)=O. The Morgan fingerprint density at radius 2 is 1.81 bits per heavy atom. The summed E-state index contributed by atoms with van der Waals surface area (Å²) in [6.45, 7) is 3.85. The molecule has 0 aliphatic rings. The first-order valence-electron chi connectivity index (χ1n) is 8.33. The van der Waals surface area contributed by atoms with Crippen molar-refractivity contribution in [2.75, 3.05) is 7.11 Å². The Balaban J connectivity index is 2.03. The first-order chi connectivity index (χ1) is 12.4. The van der Waals surface area contributed by atoms with Gasteiger partial charge in [-0.15, -0.1) is 0 Å². The van der Waals surface area contributed by atoms with Crippen LogP contribution in [-0.4, -0.2) is 29.9 Å². The number of benzene rings is 2. The normalized spacial score (nSPS) is 11.5. The first-order valence-corrected chi connectivity index (χ1v) is 8.71. The number of rotatable bonds is 7. The molecule has 0 heterocycles. The molecule has 0 aliphatic heterocycles. The number of ether oxygens (including phenoxy) is 1. The Morgan fingerprint density at radius 3 is 2.42 bits per heavy atom. The number of hydrogen-bond acceptors (Lipinski definition) is 3. The first kappa shape index (κ1) is 19.8. The maximum atomic E-state index is 12.5. The van der Waals surface area contributed by atoms with Crippen LogP contribution < -0.4 is 10.1 Å². The van der Waals surface area contributed by atoms with Crippen molar-refractivity contribution >= 4 is 23.4 Å². The van der Waals surface area contributed by atoms with Crippen LogP contribution in [0.5, 0.6) is 5.75 Å². The van der Waals surface area contributed by atoms with Crippen LogP contribution in [0, 0.1) is 0 Å². The predicted octanol–water partition coefficient (Wildman–Crippen LogP) is 3.40. The maximum Gasteiger partial charge on any atom is 0.242 e. The summed E-state index contributed by atoms with van der Waals surface area (Å²) >= 11 is 5.89. The number of methoxy groups -OCH3 is 1. The molecular weight excluding hydrogens is 352 g/mol. The van der Waals surface area contributed by atoms with Crippen molar-refractivity contribution in [1.82, 2.24) is 10.2 Å². The molecule has 1 atom stereocenters. The molecule has 0 fully saturated rings. The Kier molecular flexibility index (Phi) is 7.04. The van der Waals surface area contributed by atoms with Crippen molar-refractivity contribution < 1.29 is 14.3 Å². The molecule has 6 heteroatoms. The van der Waals surface area contributed by atoms with Gasteiger partial charge >= 0.3 is 0 Å². The molecular formula is C20H23ClN2O3. The second-order valence-electron chi connectivity index (χ2n) is 5.98. The van der Waals surface area contributed by atoms with Gasteiger partial charge in [0.25, 0.3) is 0 Å². The summed E-state index contributed by atoms with van der Waals surface area (Å²) in [4.78, 5) is 26.1.